The zero-order valence-corrected chi connectivity index (χ0v) is 15.2. The summed E-state index contributed by atoms with van der Waals surface area (Å²) in [4.78, 5) is 15.9. The summed E-state index contributed by atoms with van der Waals surface area (Å²) in [5.74, 6) is 0.239. The van der Waals surface area contributed by atoms with E-state index in [0.29, 0.717) is 31.2 Å². The zero-order chi connectivity index (χ0) is 15.0. The average molecular weight is 420 g/mol. The van der Waals surface area contributed by atoms with Crippen LogP contribution in [0.25, 0.3) is 0 Å². The summed E-state index contributed by atoms with van der Waals surface area (Å²) in [6.07, 6.45) is 0. The molecule has 21 heavy (non-hydrogen) atoms. The molecule has 0 saturated heterocycles. The largest absolute Gasteiger partial charge is 0.370 e. The number of hydrogen-bond acceptors (Lipinski definition) is 2. The lowest BCUT2D eigenvalue weighted by Gasteiger charge is -2.07. The Labute approximate surface area is 144 Å². The lowest BCUT2D eigenvalue weighted by molar-refractivity contribution is 0.0954. The van der Waals surface area contributed by atoms with Crippen LogP contribution in [-0.2, 0) is 0 Å². The molecule has 0 aliphatic rings. The van der Waals surface area contributed by atoms with Crippen molar-refractivity contribution in [2.75, 3.05) is 19.6 Å². The third-order valence-corrected chi connectivity index (χ3v) is 2.87. The summed E-state index contributed by atoms with van der Waals surface area (Å²) >= 11 is 3.32. The van der Waals surface area contributed by atoms with Gasteiger partial charge in [0.2, 0.25) is 0 Å². The van der Waals surface area contributed by atoms with Crippen LogP contribution in [0.2, 0.25) is 0 Å². The van der Waals surface area contributed by atoms with E-state index < -0.39 is 0 Å². The molecule has 4 N–H and O–H groups in total. The first-order valence-corrected chi connectivity index (χ1v) is 7.00. The number of rotatable bonds is 6. The lowest BCUT2D eigenvalue weighted by Crippen LogP contribution is -2.38. The van der Waals surface area contributed by atoms with Gasteiger partial charge < -0.3 is 16.4 Å². The molecule has 116 valence electrons. The van der Waals surface area contributed by atoms with E-state index in [1.165, 1.54) is 0 Å². The van der Waals surface area contributed by atoms with Crippen LogP contribution >= 0.6 is 32.9 Å². The molecule has 7 heteroatoms. The Kier molecular flexibility index (Phi) is 9.73. The number of halogens is 2. The third-order valence-electron chi connectivity index (χ3n) is 2.34. The molecule has 1 aromatic carbocycles. The second-order valence-electron chi connectivity index (χ2n) is 4.35. The van der Waals surface area contributed by atoms with Crippen LogP contribution in [0.4, 0.5) is 0 Å². The van der Waals surface area contributed by atoms with Crippen molar-refractivity contribution in [1.82, 2.24) is 10.6 Å². The Hall–Kier alpha value is -1.34. The average Bonchev–Trinajstić information content (AvgIpc) is 2.42. The van der Waals surface area contributed by atoms with Crippen molar-refractivity contribution in [2.45, 2.75) is 6.92 Å². The molecular formula is C14H20Br2N4O. The molecule has 0 bridgehead atoms. The summed E-state index contributed by atoms with van der Waals surface area (Å²) in [6.45, 7) is 7.12. The highest BCUT2D eigenvalue weighted by Gasteiger charge is 2.03. The third kappa shape index (κ3) is 8.52. The van der Waals surface area contributed by atoms with Crippen molar-refractivity contribution >= 4 is 44.8 Å². The monoisotopic (exact) mass is 418 g/mol. The summed E-state index contributed by atoms with van der Waals surface area (Å²) in [6, 6.07) is 7.18. The Balaban J connectivity index is 0.00000400. The van der Waals surface area contributed by atoms with Crippen LogP contribution in [0.15, 0.2) is 45.9 Å². The minimum absolute atomic E-state index is 0. The van der Waals surface area contributed by atoms with Gasteiger partial charge in [0.25, 0.3) is 5.91 Å². The number of hydrogen-bond donors (Lipinski definition) is 3. The predicted molar refractivity (Wildman–Crippen MR) is 96.1 cm³/mol. The Morgan fingerprint density at radius 2 is 1.86 bits per heavy atom. The number of nitrogens with zero attached hydrogens (tertiary/aromatic N) is 1. The van der Waals surface area contributed by atoms with E-state index in [9.17, 15) is 4.79 Å². The number of guanidine groups is 1. The normalized spacial score (nSPS) is 10.5. The van der Waals surface area contributed by atoms with Gasteiger partial charge in [0.1, 0.15) is 0 Å². The fraction of sp³-hybridized carbons (Fsp3) is 0.286. The Morgan fingerprint density at radius 3 is 2.43 bits per heavy atom. The van der Waals surface area contributed by atoms with E-state index in [4.69, 9.17) is 5.73 Å². The van der Waals surface area contributed by atoms with Gasteiger partial charge in [-0.3, -0.25) is 4.79 Å². The topological polar surface area (TPSA) is 79.5 Å². The van der Waals surface area contributed by atoms with Crippen LogP contribution in [0.3, 0.4) is 0 Å². The van der Waals surface area contributed by atoms with E-state index in [0.717, 1.165) is 10.0 Å². The van der Waals surface area contributed by atoms with Crippen LogP contribution in [0.1, 0.15) is 17.3 Å². The summed E-state index contributed by atoms with van der Waals surface area (Å²) in [5.41, 5.74) is 7.21. The second-order valence-corrected chi connectivity index (χ2v) is 5.26. The van der Waals surface area contributed by atoms with Crippen molar-refractivity contribution in [3.8, 4) is 0 Å². The van der Waals surface area contributed by atoms with Gasteiger partial charge >= 0.3 is 0 Å². The van der Waals surface area contributed by atoms with Gasteiger partial charge in [0, 0.05) is 23.1 Å². The molecule has 0 radical (unpaired) electrons. The van der Waals surface area contributed by atoms with Gasteiger partial charge in [0.15, 0.2) is 5.96 Å². The van der Waals surface area contributed by atoms with E-state index >= 15 is 0 Å². The smallest absolute Gasteiger partial charge is 0.251 e. The van der Waals surface area contributed by atoms with Gasteiger partial charge in [-0.15, -0.1) is 17.0 Å². The molecule has 1 rings (SSSR count). The van der Waals surface area contributed by atoms with Crippen LogP contribution < -0.4 is 16.4 Å². The molecule has 0 unspecified atom stereocenters. The number of carbonyl (C=O) groups is 1. The summed E-state index contributed by atoms with van der Waals surface area (Å²) in [5, 5.41) is 5.71. The highest BCUT2D eigenvalue weighted by atomic mass is 79.9. The van der Waals surface area contributed by atoms with Gasteiger partial charge in [-0.1, -0.05) is 28.1 Å². The quantitative estimate of drug-likeness (QED) is 0.286. The van der Waals surface area contributed by atoms with Gasteiger partial charge in [-0.25, -0.2) is 4.99 Å². The molecule has 1 amide bonds. The Morgan fingerprint density at radius 1 is 1.29 bits per heavy atom. The molecule has 5 nitrogen and oxygen atoms in total. The number of nitrogens with one attached hydrogen (secondary N) is 2. The first kappa shape index (κ1) is 19.7. The molecule has 0 aliphatic carbocycles. The standard InChI is InChI=1S/C14H19BrN4O.BrH/c1-10(2)9-19-14(16)18-8-7-17-13(20)11-3-5-12(15)6-4-11;/h3-6H,1,7-9H2,2H3,(H,17,20)(H3,16,18,19);1H. The van der Waals surface area contributed by atoms with Crippen LogP contribution in [0, 0.1) is 0 Å². The van der Waals surface area contributed by atoms with E-state index in [-0.39, 0.29) is 22.9 Å². The van der Waals surface area contributed by atoms with Gasteiger partial charge in [-0.2, -0.15) is 0 Å². The number of benzene rings is 1. The fourth-order valence-electron chi connectivity index (χ4n) is 1.35. The van der Waals surface area contributed by atoms with Crippen LogP contribution in [0.5, 0.6) is 0 Å². The van der Waals surface area contributed by atoms with Gasteiger partial charge in [0.05, 0.1) is 6.54 Å². The molecule has 0 spiro atoms. The maximum absolute atomic E-state index is 11.8. The Bertz CT molecular complexity index is 500. The first-order chi connectivity index (χ1) is 9.49. The second kappa shape index (κ2) is 10.4. The molecule has 0 aliphatic heterocycles. The maximum Gasteiger partial charge on any atom is 0.251 e. The molecule has 0 heterocycles. The summed E-state index contributed by atoms with van der Waals surface area (Å²) in [7, 11) is 0. The number of amides is 1. The first-order valence-electron chi connectivity index (χ1n) is 6.21. The number of aliphatic imine (C=N–C) groups is 1. The molecule has 1 aromatic rings. The van der Waals surface area contributed by atoms with Crippen molar-refractivity contribution in [3.05, 3.63) is 46.5 Å². The molecule has 0 atom stereocenters. The lowest BCUT2D eigenvalue weighted by atomic mass is 10.2. The zero-order valence-electron chi connectivity index (χ0n) is 11.9. The van der Waals surface area contributed by atoms with E-state index in [1.54, 1.807) is 12.1 Å². The molecule has 0 aromatic heterocycles. The van der Waals surface area contributed by atoms with E-state index in [1.807, 2.05) is 19.1 Å². The number of nitrogens with two attached hydrogens (primary N) is 1. The molecule has 0 fully saturated rings. The minimum atomic E-state index is -0.114. The molecule has 0 saturated carbocycles. The predicted octanol–water partition coefficient (Wildman–Crippen LogP) is 2.24. The number of carbonyl (C=O) groups excluding carboxylic acids is 1. The summed E-state index contributed by atoms with van der Waals surface area (Å²) < 4.78 is 0.942. The van der Waals surface area contributed by atoms with Gasteiger partial charge in [-0.05, 0) is 31.2 Å². The van der Waals surface area contributed by atoms with Crippen molar-refractivity contribution in [3.63, 3.8) is 0 Å². The van der Waals surface area contributed by atoms with Crippen molar-refractivity contribution in [2.24, 2.45) is 10.7 Å². The molecular weight excluding hydrogens is 400 g/mol. The SMILES string of the molecule is Br.C=C(C)CN=C(N)NCCNC(=O)c1ccc(Br)cc1. The minimum Gasteiger partial charge on any atom is -0.370 e. The van der Waals surface area contributed by atoms with Crippen molar-refractivity contribution in [1.29, 1.82) is 0 Å². The highest BCUT2D eigenvalue weighted by molar-refractivity contribution is 9.10. The maximum atomic E-state index is 11.8. The fourth-order valence-corrected chi connectivity index (χ4v) is 1.61. The van der Waals surface area contributed by atoms with Crippen molar-refractivity contribution < 1.29 is 4.79 Å². The van der Waals surface area contributed by atoms with E-state index in [2.05, 4.69) is 38.1 Å². The highest BCUT2D eigenvalue weighted by Crippen LogP contribution is 2.10. The van der Waals surface area contributed by atoms with Crippen LogP contribution in [-0.4, -0.2) is 31.5 Å².